The Morgan fingerprint density at radius 3 is 2.79 bits per heavy atom. The third-order valence-electron chi connectivity index (χ3n) is 3.86. The Bertz CT molecular complexity index is 325. The number of guanidine groups is 1. The van der Waals surface area contributed by atoms with Crippen LogP contribution < -0.4 is 10.6 Å². The van der Waals surface area contributed by atoms with Crippen molar-refractivity contribution in [3.05, 3.63) is 11.6 Å². The molecule has 2 N–H and O–H groups in total. The van der Waals surface area contributed by atoms with Gasteiger partial charge in [-0.1, -0.05) is 18.6 Å². The molecule has 0 spiro atoms. The monoisotopic (exact) mass is 377 g/mol. The lowest BCUT2D eigenvalue weighted by atomic mass is 9.97. The van der Waals surface area contributed by atoms with Gasteiger partial charge in [0.05, 0.1) is 0 Å². The highest BCUT2D eigenvalue weighted by atomic mass is 127. The van der Waals surface area contributed by atoms with Crippen LogP contribution in [0, 0.1) is 5.92 Å². The van der Waals surface area contributed by atoms with Crippen LogP contribution in [0.1, 0.15) is 52.4 Å². The first kappa shape index (κ1) is 16.8. The molecule has 0 radical (unpaired) electrons. The predicted octanol–water partition coefficient (Wildman–Crippen LogP) is 3.46. The summed E-state index contributed by atoms with van der Waals surface area (Å²) in [5.41, 5.74) is 1.61. The van der Waals surface area contributed by atoms with Crippen LogP contribution in [-0.4, -0.2) is 25.1 Å². The molecule has 3 nitrogen and oxygen atoms in total. The lowest BCUT2D eigenvalue weighted by molar-refractivity contribution is 0.674. The lowest BCUT2D eigenvalue weighted by Gasteiger charge is -2.13. The van der Waals surface area contributed by atoms with Gasteiger partial charge in [0.1, 0.15) is 0 Å². The molecule has 0 aliphatic heterocycles. The standard InChI is InChI=1S/C15H27N3.HI/c1-3-16-15(18-14-11-12(14)2)17-10-9-13-7-5-4-6-8-13;/h7,12,14H,3-6,8-11H2,1-2H3,(H2,16,17,18);1H. The second-order valence-electron chi connectivity index (χ2n) is 5.58. The zero-order valence-corrected chi connectivity index (χ0v) is 14.6. The van der Waals surface area contributed by atoms with Gasteiger partial charge in [0, 0.05) is 19.1 Å². The van der Waals surface area contributed by atoms with E-state index in [0.29, 0.717) is 6.04 Å². The minimum absolute atomic E-state index is 0. The lowest BCUT2D eigenvalue weighted by Crippen LogP contribution is -2.39. The molecule has 2 unspecified atom stereocenters. The van der Waals surface area contributed by atoms with Gasteiger partial charge >= 0.3 is 0 Å². The second kappa shape index (κ2) is 8.82. The number of aliphatic imine (C=N–C) groups is 1. The van der Waals surface area contributed by atoms with Crippen LogP contribution in [0.15, 0.2) is 16.6 Å². The molecular weight excluding hydrogens is 349 g/mol. The van der Waals surface area contributed by atoms with Gasteiger partial charge in [-0.2, -0.15) is 0 Å². The van der Waals surface area contributed by atoms with Gasteiger partial charge in [-0.15, -0.1) is 24.0 Å². The second-order valence-corrected chi connectivity index (χ2v) is 5.58. The molecule has 0 aromatic rings. The van der Waals surface area contributed by atoms with Gasteiger partial charge in [0.25, 0.3) is 0 Å². The van der Waals surface area contributed by atoms with Crippen molar-refractivity contribution >= 4 is 29.9 Å². The van der Waals surface area contributed by atoms with Crippen molar-refractivity contribution in [1.82, 2.24) is 10.6 Å². The summed E-state index contributed by atoms with van der Waals surface area (Å²) < 4.78 is 0. The van der Waals surface area contributed by atoms with Gasteiger partial charge in [-0.05, 0) is 51.4 Å². The average molecular weight is 377 g/mol. The Kier molecular flexibility index (Phi) is 7.80. The largest absolute Gasteiger partial charge is 0.357 e. The number of halogens is 1. The molecule has 2 aliphatic carbocycles. The number of rotatable bonds is 5. The van der Waals surface area contributed by atoms with Gasteiger partial charge in [0.2, 0.25) is 0 Å². The molecular formula is C15H28IN3. The van der Waals surface area contributed by atoms with Crippen molar-refractivity contribution in [1.29, 1.82) is 0 Å². The van der Waals surface area contributed by atoms with Gasteiger partial charge in [-0.3, -0.25) is 4.99 Å². The maximum atomic E-state index is 4.68. The molecule has 0 aromatic heterocycles. The van der Waals surface area contributed by atoms with Crippen LogP contribution in [0.4, 0.5) is 0 Å². The van der Waals surface area contributed by atoms with Crippen molar-refractivity contribution < 1.29 is 0 Å². The van der Waals surface area contributed by atoms with E-state index in [2.05, 4.69) is 35.5 Å². The minimum atomic E-state index is 0. The summed E-state index contributed by atoms with van der Waals surface area (Å²) in [6.07, 6.45) is 10.1. The fraction of sp³-hybridized carbons (Fsp3) is 0.800. The third kappa shape index (κ3) is 6.15. The van der Waals surface area contributed by atoms with Gasteiger partial charge in [-0.25, -0.2) is 0 Å². The third-order valence-corrected chi connectivity index (χ3v) is 3.86. The summed E-state index contributed by atoms with van der Waals surface area (Å²) in [5.74, 6) is 1.82. The SMILES string of the molecule is CCNC(=NCCC1=CCCCC1)NC1CC1C.I. The van der Waals surface area contributed by atoms with E-state index in [9.17, 15) is 0 Å². The maximum absolute atomic E-state index is 4.68. The Labute approximate surface area is 134 Å². The van der Waals surface area contributed by atoms with E-state index in [1.807, 2.05) is 0 Å². The summed E-state index contributed by atoms with van der Waals surface area (Å²) in [7, 11) is 0. The molecule has 1 fully saturated rings. The zero-order chi connectivity index (χ0) is 12.8. The van der Waals surface area contributed by atoms with Crippen molar-refractivity contribution in [2.45, 2.75) is 58.4 Å². The molecule has 0 aromatic carbocycles. The summed E-state index contributed by atoms with van der Waals surface area (Å²) in [5, 5.41) is 6.83. The van der Waals surface area contributed by atoms with Crippen LogP contribution >= 0.6 is 24.0 Å². The Morgan fingerprint density at radius 1 is 1.42 bits per heavy atom. The van der Waals surface area contributed by atoms with E-state index < -0.39 is 0 Å². The van der Waals surface area contributed by atoms with Gasteiger partial charge in [0.15, 0.2) is 5.96 Å². The van der Waals surface area contributed by atoms with Crippen molar-refractivity contribution in [2.75, 3.05) is 13.1 Å². The first-order chi connectivity index (χ1) is 8.79. The molecule has 110 valence electrons. The zero-order valence-electron chi connectivity index (χ0n) is 12.2. The summed E-state index contributed by atoms with van der Waals surface area (Å²) in [4.78, 5) is 4.68. The molecule has 2 rings (SSSR count). The number of allylic oxidation sites excluding steroid dienone is 1. The van der Waals surface area contributed by atoms with Crippen molar-refractivity contribution in [3.8, 4) is 0 Å². The highest BCUT2D eigenvalue weighted by Gasteiger charge is 2.33. The van der Waals surface area contributed by atoms with Crippen molar-refractivity contribution in [3.63, 3.8) is 0 Å². The molecule has 0 bridgehead atoms. The highest BCUT2D eigenvalue weighted by Crippen LogP contribution is 2.28. The average Bonchev–Trinajstić information content (AvgIpc) is 3.06. The van der Waals surface area contributed by atoms with E-state index in [1.165, 1.54) is 32.1 Å². The van der Waals surface area contributed by atoms with Gasteiger partial charge < -0.3 is 10.6 Å². The first-order valence-corrected chi connectivity index (χ1v) is 7.52. The highest BCUT2D eigenvalue weighted by molar-refractivity contribution is 14.0. The van der Waals surface area contributed by atoms with E-state index in [0.717, 1.165) is 31.4 Å². The summed E-state index contributed by atoms with van der Waals surface area (Å²) in [6.45, 7) is 6.27. The topological polar surface area (TPSA) is 36.4 Å². The fourth-order valence-electron chi connectivity index (χ4n) is 2.46. The van der Waals surface area contributed by atoms with E-state index in [-0.39, 0.29) is 24.0 Å². The van der Waals surface area contributed by atoms with Crippen LogP contribution in [-0.2, 0) is 0 Å². The normalized spacial score (nSPS) is 26.2. The molecule has 1 saturated carbocycles. The van der Waals surface area contributed by atoms with E-state index >= 15 is 0 Å². The van der Waals surface area contributed by atoms with Crippen molar-refractivity contribution in [2.24, 2.45) is 10.9 Å². The fourth-order valence-corrected chi connectivity index (χ4v) is 2.46. The number of nitrogens with one attached hydrogen (secondary N) is 2. The quantitative estimate of drug-likeness (QED) is 0.333. The number of nitrogens with zero attached hydrogens (tertiary/aromatic N) is 1. The van der Waals surface area contributed by atoms with E-state index in [1.54, 1.807) is 5.57 Å². The molecule has 19 heavy (non-hydrogen) atoms. The summed E-state index contributed by atoms with van der Waals surface area (Å²) >= 11 is 0. The van der Waals surface area contributed by atoms with Crippen LogP contribution in [0.2, 0.25) is 0 Å². The minimum Gasteiger partial charge on any atom is -0.357 e. The Morgan fingerprint density at radius 2 is 2.21 bits per heavy atom. The van der Waals surface area contributed by atoms with Crippen LogP contribution in [0.25, 0.3) is 0 Å². The molecule has 0 heterocycles. The first-order valence-electron chi connectivity index (χ1n) is 7.52. The number of hydrogen-bond acceptors (Lipinski definition) is 1. The maximum Gasteiger partial charge on any atom is 0.191 e. The molecule has 0 amide bonds. The molecule has 2 atom stereocenters. The Balaban J connectivity index is 0.00000180. The number of hydrogen-bond donors (Lipinski definition) is 2. The summed E-state index contributed by atoms with van der Waals surface area (Å²) in [6, 6.07) is 0.650. The van der Waals surface area contributed by atoms with E-state index in [4.69, 9.17) is 0 Å². The smallest absolute Gasteiger partial charge is 0.191 e. The molecule has 4 heteroatoms. The van der Waals surface area contributed by atoms with Crippen LogP contribution in [0.3, 0.4) is 0 Å². The molecule has 0 saturated heterocycles. The predicted molar refractivity (Wildman–Crippen MR) is 93.3 cm³/mol. The van der Waals surface area contributed by atoms with Crippen LogP contribution in [0.5, 0.6) is 0 Å². The molecule has 2 aliphatic rings. The Hall–Kier alpha value is -0.260.